The second-order valence-electron chi connectivity index (χ2n) is 2.85. The molecule has 0 heterocycles. The van der Waals surface area contributed by atoms with Crippen LogP contribution in [-0.2, 0) is 4.79 Å². The van der Waals surface area contributed by atoms with Crippen LogP contribution in [0.15, 0.2) is 16.9 Å². The van der Waals surface area contributed by atoms with Crippen LogP contribution in [0.25, 0.3) is 10.4 Å². The van der Waals surface area contributed by atoms with Gasteiger partial charge in [0.2, 0.25) is 0 Å². The Labute approximate surface area is 70.9 Å². The zero-order valence-electron chi connectivity index (χ0n) is 6.86. The van der Waals surface area contributed by atoms with Crippen molar-refractivity contribution in [3.63, 3.8) is 0 Å². The highest BCUT2D eigenvalue weighted by Gasteiger charge is 2.07. The summed E-state index contributed by atoms with van der Waals surface area (Å²) in [6, 6.07) is 0. The highest BCUT2D eigenvalue weighted by atomic mass is 16.1. The number of carbonyl (C=O) groups excluding carboxylic acids is 1. The number of nitrogens with zero attached hydrogens (tertiary/aromatic N) is 3. The average Bonchev–Trinajstić information content (AvgIpc) is 2.00. The standard InChI is InChI=1S/C8H11N3O/c9-11-10-7-4-2-1-3-5-8(12)6-7/h4H,1-3,5-6H2/b7-4-. The molecule has 0 spiro atoms. The summed E-state index contributed by atoms with van der Waals surface area (Å²) in [4.78, 5) is 13.8. The van der Waals surface area contributed by atoms with Gasteiger partial charge in [-0.3, -0.25) is 4.79 Å². The Morgan fingerprint density at radius 3 is 3.08 bits per heavy atom. The van der Waals surface area contributed by atoms with E-state index >= 15 is 0 Å². The van der Waals surface area contributed by atoms with Gasteiger partial charge in [-0.05, 0) is 24.8 Å². The van der Waals surface area contributed by atoms with Crippen LogP contribution in [0.4, 0.5) is 0 Å². The third-order valence-electron chi connectivity index (χ3n) is 1.84. The Balaban J connectivity index is 2.67. The van der Waals surface area contributed by atoms with E-state index < -0.39 is 0 Å². The van der Waals surface area contributed by atoms with E-state index in [1.54, 1.807) is 0 Å². The molecule has 0 saturated heterocycles. The summed E-state index contributed by atoms with van der Waals surface area (Å²) in [6.45, 7) is 0. The third-order valence-corrected chi connectivity index (χ3v) is 1.84. The van der Waals surface area contributed by atoms with Crippen molar-refractivity contribution in [3.8, 4) is 0 Å². The third kappa shape index (κ3) is 2.76. The van der Waals surface area contributed by atoms with Gasteiger partial charge in [0.1, 0.15) is 5.78 Å². The smallest absolute Gasteiger partial charge is 0.137 e. The fourth-order valence-electron chi connectivity index (χ4n) is 1.23. The molecule has 0 bridgehead atoms. The fourth-order valence-corrected chi connectivity index (χ4v) is 1.23. The number of hydrogen-bond donors (Lipinski definition) is 0. The Kier molecular flexibility index (Phi) is 3.35. The minimum atomic E-state index is 0.174. The molecule has 0 unspecified atom stereocenters. The van der Waals surface area contributed by atoms with E-state index in [1.165, 1.54) is 0 Å². The van der Waals surface area contributed by atoms with E-state index in [0.717, 1.165) is 19.3 Å². The monoisotopic (exact) mass is 165 g/mol. The van der Waals surface area contributed by atoms with Gasteiger partial charge >= 0.3 is 0 Å². The van der Waals surface area contributed by atoms with Gasteiger partial charge in [-0.2, -0.15) is 0 Å². The molecule has 0 aromatic rings. The number of Topliss-reactive ketones (excluding diaryl/α,β-unsaturated/α-hetero) is 1. The van der Waals surface area contributed by atoms with Crippen molar-refractivity contribution >= 4 is 5.78 Å². The van der Waals surface area contributed by atoms with Crippen molar-refractivity contribution < 1.29 is 4.79 Å². The average molecular weight is 165 g/mol. The van der Waals surface area contributed by atoms with Crippen LogP contribution in [0, 0.1) is 0 Å². The van der Waals surface area contributed by atoms with Gasteiger partial charge in [0.05, 0.1) is 0 Å². The molecule has 0 N–H and O–H groups in total. The van der Waals surface area contributed by atoms with E-state index in [4.69, 9.17) is 5.53 Å². The maximum atomic E-state index is 11.1. The van der Waals surface area contributed by atoms with Crippen LogP contribution in [0.1, 0.15) is 32.1 Å². The Bertz CT molecular complexity index is 251. The summed E-state index contributed by atoms with van der Waals surface area (Å²) < 4.78 is 0. The molecule has 0 aromatic carbocycles. The summed E-state index contributed by atoms with van der Waals surface area (Å²) in [5.74, 6) is 0.174. The van der Waals surface area contributed by atoms with Crippen LogP contribution >= 0.6 is 0 Å². The largest absolute Gasteiger partial charge is 0.299 e. The Hall–Kier alpha value is -1.28. The molecule has 4 nitrogen and oxygen atoms in total. The molecule has 0 aliphatic heterocycles. The molecule has 12 heavy (non-hydrogen) atoms. The van der Waals surface area contributed by atoms with Crippen LogP contribution in [0.2, 0.25) is 0 Å². The minimum Gasteiger partial charge on any atom is -0.299 e. The lowest BCUT2D eigenvalue weighted by molar-refractivity contribution is -0.118. The molecule has 64 valence electrons. The highest BCUT2D eigenvalue weighted by molar-refractivity contribution is 5.80. The Morgan fingerprint density at radius 1 is 1.50 bits per heavy atom. The van der Waals surface area contributed by atoms with Crippen LogP contribution in [-0.4, -0.2) is 5.78 Å². The summed E-state index contributed by atoms with van der Waals surface area (Å²) in [7, 11) is 0. The number of allylic oxidation sites excluding steroid dienone is 2. The van der Waals surface area contributed by atoms with E-state index in [1.807, 2.05) is 6.08 Å². The molecule has 1 aliphatic rings. The predicted molar refractivity (Wildman–Crippen MR) is 45.3 cm³/mol. The molecule has 0 amide bonds. The fraction of sp³-hybridized carbons (Fsp3) is 0.625. The molecule has 4 heteroatoms. The lowest BCUT2D eigenvalue weighted by Crippen LogP contribution is -2.00. The molecule has 0 fully saturated rings. The second-order valence-corrected chi connectivity index (χ2v) is 2.85. The summed E-state index contributed by atoms with van der Waals surface area (Å²) >= 11 is 0. The van der Waals surface area contributed by atoms with Crippen LogP contribution < -0.4 is 0 Å². The van der Waals surface area contributed by atoms with E-state index in [2.05, 4.69) is 10.0 Å². The zero-order valence-corrected chi connectivity index (χ0v) is 6.86. The number of ketones is 1. The van der Waals surface area contributed by atoms with Crippen LogP contribution in [0.3, 0.4) is 0 Å². The summed E-state index contributed by atoms with van der Waals surface area (Å²) in [6.07, 6.45) is 5.68. The van der Waals surface area contributed by atoms with Crippen molar-refractivity contribution in [1.82, 2.24) is 0 Å². The van der Waals surface area contributed by atoms with Gasteiger partial charge in [0.25, 0.3) is 0 Å². The highest BCUT2D eigenvalue weighted by Crippen LogP contribution is 2.15. The van der Waals surface area contributed by atoms with Gasteiger partial charge in [0.15, 0.2) is 0 Å². The number of azide groups is 1. The minimum absolute atomic E-state index is 0.174. The molecule has 0 aromatic heterocycles. The van der Waals surface area contributed by atoms with E-state index in [0.29, 0.717) is 18.5 Å². The number of hydrogen-bond acceptors (Lipinski definition) is 2. The van der Waals surface area contributed by atoms with E-state index in [-0.39, 0.29) is 5.78 Å². The van der Waals surface area contributed by atoms with Crippen molar-refractivity contribution in [1.29, 1.82) is 0 Å². The molecule has 0 saturated carbocycles. The number of rotatable bonds is 1. The predicted octanol–water partition coefficient (Wildman–Crippen LogP) is 2.71. The molecular formula is C8H11N3O. The molecule has 1 rings (SSSR count). The second kappa shape index (κ2) is 4.57. The number of carbonyl (C=O) groups is 1. The lowest BCUT2D eigenvalue weighted by atomic mass is 10.0. The molecular weight excluding hydrogens is 154 g/mol. The van der Waals surface area contributed by atoms with Crippen molar-refractivity contribution in [2.24, 2.45) is 5.11 Å². The zero-order chi connectivity index (χ0) is 8.81. The van der Waals surface area contributed by atoms with Gasteiger partial charge < -0.3 is 0 Å². The quantitative estimate of drug-likeness (QED) is 0.334. The Morgan fingerprint density at radius 2 is 2.33 bits per heavy atom. The van der Waals surface area contributed by atoms with Crippen molar-refractivity contribution in [2.75, 3.05) is 0 Å². The van der Waals surface area contributed by atoms with Crippen LogP contribution in [0.5, 0.6) is 0 Å². The maximum Gasteiger partial charge on any atom is 0.137 e. The van der Waals surface area contributed by atoms with E-state index in [9.17, 15) is 4.79 Å². The normalized spacial score (nSPS) is 23.0. The SMILES string of the molecule is [N-]=[N+]=N/C1=C\CCCCC(=O)C1. The summed E-state index contributed by atoms with van der Waals surface area (Å²) in [5, 5.41) is 3.46. The molecule has 0 radical (unpaired) electrons. The first-order chi connectivity index (χ1) is 5.83. The summed E-state index contributed by atoms with van der Waals surface area (Å²) in [5.41, 5.74) is 8.76. The lowest BCUT2D eigenvalue weighted by Gasteiger charge is -2.05. The van der Waals surface area contributed by atoms with Gasteiger partial charge in [-0.25, -0.2) is 0 Å². The first kappa shape index (κ1) is 8.81. The first-order valence-corrected chi connectivity index (χ1v) is 4.09. The van der Waals surface area contributed by atoms with Crippen molar-refractivity contribution in [3.05, 3.63) is 22.2 Å². The molecule has 1 aliphatic carbocycles. The van der Waals surface area contributed by atoms with Gasteiger partial charge in [-0.15, -0.1) is 0 Å². The molecule has 0 atom stereocenters. The van der Waals surface area contributed by atoms with Crippen molar-refractivity contribution in [2.45, 2.75) is 32.1 Å². The first-order valence-electron chi connectivity index (χ1n) is 4.09. The maximum absolute atomic E-state index is 11.1. The van der Waals surface area contributed by atoms with Gasteiger partial charge in [-0.1, -0.05) is 11.2 Å². The van der Waals surface area contributed by atoms with Gasteiger partial charge in [0, 0.05) is 23.5 Å². The topological polar surface area (TPSA) is 65.8 Å².